The van der Waals surface area contributed by atoms with E-state index < -0.39 is 223 Å². The van der Waals surface area contributed by atoms with Crippen LogP contribution in [0.5, 0.6) is 0 Å². The molecule has 14 atom stereocenters. The van der Waals surface area contributed by atoms with Gasteiger partial charge in [-0.3, -0.25) is 76.7 Å². The Labute approximate surface area is 627 Å². The Bertz CT molecular complexity index is 3130. The van der Waals surface area contributed by atoms with Gasteiger partial charge in [0.15, 0.2) is 0 Å². The van der Waals surface area contributed by atoms with Crippen molar-refractivity contribution in [2.75, 3.05) is 42.1 Å². The molecule has 22 N–H and O–H groups in total. The fourth-order valence-electron chi connectivity index (χ4n) is 9.77. The molecular weight excluding hydrogens is 1460 g/mol. The van der Waals surface area contributed by atoms with Gasteiger partial charge in [-0.25, -0.2) is 9.78 Å². The Morgan fingerprint density at radius 3 is 1.10 bits per heavy atom. The van der Waals surface area contributed by atoms with E-state index in [2.05, 4.69) is 99.0 Å². The number of aromatic nitrogens is 2. The van der Waals surface area contributed by atoms with Crippen LogP contribution in [0.1, 0.15) is 119 Å². The number of thioether (sulfide) groups is 2. The van der Waals surface area contributed by atoms with Crippen molar-refractivity contribution in [3.8, 4) is 0 Å². The normalized spacial score (nSPS) is 15.3. The number of aromatic amines is 1. The zero-order chi connectivity index (χ0) is 80.1. The van der Waals surface area contributed by atoms with E-state index in [0.717, 1.165) is 0 Å². The number of amides is 14. The molecule has 0 unspecified atom stereocenters. The standard InChI is InChI=1S/C63H105N17O21S4/c1-28(2)16-36(70-51(88)34(12-14-104-10)69-57(94)41(21-47(83)84)74-60(97)44(25-102)78-50(87)32(9)64)53(90)71-37(17-29(3)4)55(92)77-43(24-81)59(96)73-40(20-46(65)82)58(95)80-49(31(7)8)62(99)75-38(18-30(5)6)54(91)72-39(19-33-23-66-27-67-33)56(93)68-35(13-15-105-11)52(89)79-45(26-103)61(98)76-42(63(100)101)22-48(85)86/h23,27-32,34-45,49,81,102-103H,12-22,24-26,64H2,1-11H3,(H2,65,82)(H,66,67)(H,68,93)(H,69,94)(H,70,88)(H,71,90)(H,72,91)(H,73,96)(H,74,97)(H,75,99)(H,76,98)(H,77,92)(H,78,87)(H,79,89)(H,80,95)(H,83,84)(H,85,86)(H,100,101)/t32-,34-,35-,36-,37-,38-,39-,40-,41-,42-,43-,44-,45-,49-/m0/s1. The third kappa shape index (κ3) is 35.9. The number of nitrogens with two attached hydrogens (primary N) is 2. The second-order valence-electron chi connectivity index (χ2n) is 26.2. The van der Waals surface area contributed by atoms with Crippen molar-refractivity contribution in [1.29, 1.82) is 0 Å². The zero-order valence-corrected chi connectivity index (χ0v) is 63.9. The van der Waals surface area contributed by atoms with Crippen molar-refractivity contribution in [2.24, 2.45) is 35.1 Å². The van der Waals surface area contributed by atoms with Gasteiger partial charge in [0.2, 0.25) is 82.7 Å². The number of carbonyl (C=O) groups is 17. The number of hydrogen-bond donors (Lipinski definition) is 22. The summed E-state index contributed by atoms with van der Waals surface area (Å²) in [5, 5.41) is 70.3. The summed E-state index contributed by atoms with van der Waals surface area (Å²) in [6, 6.07) is -21.6. The molecule has 0 saturated carbocycles. The molecule has 0 aliphatic carbocycles. The highest BCUT2D eigenvalue weighted by molar-refractivity contribution is 7.98. The minimum Gasteiger partial charge on any atom is -0.481 e. The first-order chi connectivity index (χ1) is 49.1. The van der Waals surface area contributed by atoms with Crippen LogP contribution in [-0.2, 0) is 87.9 Å². The number of aliphatic carboxylic acids is 3. The number of nitrogens with one attached hydrogen (secondary N) is 14. The quantitative estimate of drug-likeness (QED) is 0.0271. The van der Waals surface area contributed by atoms with Gasteiger partial charge in [-0.2, -0.15) is 48.8 Å². The van der Waals surface area contributed by atoms with E-state index in [1.807, 2.05) is 5.32 Å². The first-order valence-electron chi connectivity index (χ1n) is 33.6. The summed E-state index contributed by atoms with van der Waals surface area (Å²) >= 11 is 10.7. The number of carboxylic acid groups (broad SMARTS) is 3. The Morgan fingerprint density at radius 1 is 0.429 bits per heavy atom. The molecule has 0 aliphatic rings. The third-order valence-electron chi connectivity index (χ3n) is 15.3. The van der Waals surface area contributed by atoms with Gasteiger partial charge in [-0.1, -0.05) is 55.4 Å². The number of rotatable bonds is 51. The van der Waals surface area contributed by atoms with E-state index in [1.54, 1.807) is 54.1 Å². The van der Waals surface area contributed by atoms with E-state index >= 15 is 0 Å². The Balaban J connectivity index is 3.54. The Morgan fingerprint density at radius 2 is 0.743 bits per heavy atom. The van der Waals surface area contributed by atoms with Crippen LogP contribution in [0.2, 0.25) is 0 Å². The third-order valence-corrected chi connectivity index (χ3v) is 17.3. The van der Waals surface area contributed by atoms with E-state index in [1.165, 1.54) is 56.8 Å². The summed E-state index contributed by atoms with van der Waals surface area (Å²) in [6.07, 6.45) is 2.54. The molecule has 0 saturated heterocycles. The molecule has 1 heterocycles. The maximum absolute atomic E-state index is 14.4. The SMILES string of the molecule is CSCC[C@H](NC(=O)[C@H](Cc1cnc[nH]1)NC(=O)[C@H](CC(C)C)NC(=O)[C@@H](NC(=O)[C@H](CC(N)=O)NC(=O)[C@H](CO)NC(=O)[C@H](CC(C)C)NC(=O)[C@H](CC(C)C)NC(=O)[C@H](CCSC)NC(=O)[C@H](CC(=O)O)NC(=O)[C@H](CS)NC(=O)[C@H](C)N)C(C)C)C(=O)N[C@@H](CS)C(=O)N[C@@H](CC(=O)O)C(=O)O. The van der Waals surface area contributed by atoms with Gasteiger partial charge in [-0.05, 0) is 86.7 Å². The molecule has 1 aromatic rings. The number of nitrogens with zero attached hydrogens (tertiary/aromatic N) is 1. The number of hydrogen-bond acceptors (Lipinski definition) is 24. The largest absolute Gasteiger partial charge is 0.481 e. The minimum absolute atomic E-state index is 0.0475. The van der Waals surface area contributed by atoms with Crippen LogP contribution >= 0.6 is 48.8 Å². The van der Waals surface area contributed by atoms with E-state index in [4.69, 9.17) is 16.6 Å². The number of carbonyl (C=O) groups excluding carboxylic acids is 14. The van der Waals surface area contributed by atoms with Gasteiger partial charge < -0.3 is 106 Å². The predicted octanol–water partition coefficient (Wildman–Crippen LogP) is -5.34. The lowest BCUT2D eigenvalue weighted by molar-refractivity contribution is -0.147. The fourth-order valence-corrected chi connectivity index (χ4v) is 11.2. The lowest BCUT2D eigenvalue weighted by Gasteiger charge is -2.29. The topological polar surface area (TPSA) is 608 Å². The minimum atomic E-state index is -1.90. The van der Waals surface area contributed by atoms with Crippen LogP contribution in [0.3, 0.4) is 0 Å². The second-order valence-corrected chi connectivity index (χ2v) is 28.9. The number of thiol groups is 2. The first kappa shape index (κ1) is 94.5. The Hall–Kier alpha value is -8.48. The average molecular weight is 1560 g/mol. The van der Waals surface area contributed by atoms with Crippen molar-refractivity contribution in [3.05, 3.63) is 18.2 Å². The fraction of sp³-hybridized carbons (Fsp3) is 0.683. The number of H-pyrrole nitrogens is 1. The molecular formula is C63H105N17O21S4. The van der Waals surface area contributed by atoms with Gasteiger partial charge in [0.25, 0.3) is 0 Å². The zero-order valence-electron chi connectivity index (χ0n) is 60.5. The maximum Gasteiger partial charge on any atom is 0.326 e. The van der Waals surface area contributed by atoms with Crippen molar-refractivity contribution in [2.45, 2.75) is 205 Å². The van der Waals surface area contributed by atoms with Gasteiger partial charge in [0, 0.05) is 29.8 Å². The van der Waals surface area contributed by atoms with Crippen molar-refractivity contribution in [1.82, 2.24) is 79.1 Å². The molecule has 38 nitrogen and oxygen atoms in total. The van der Waals surface area contributed by atoms with Crippen LogP contribution in [0, 0.1) is 23.7 Å². The number of carboxylic acids is 3. The molecule has 1 aromatic heterocycles. The molecule has 0 bridgehead atoms. The van der Waals surface area contributed by atoms with Crippen LogP contribution < -0.4 is 80.6 Å². The summed E-state index contributed by atoms with van der Waals surface area (Å²) in [5.74, 6) is -20.9. The van der Waals surface area contributed by atoms with Crippen LogP contribution in [0.25, 0.3) is 0 Å². The van der Waals surface area contributed by atoms with Crippen LogP contribution in [-0.4, -0.2) is 258 Å². The maximum atomic E-state index is 14.4. The highest BCUT2D eigenvalue weighted by Gasteiger charge is 2.39. The van der Waals surface area contributed by atoms with Crippen molar-refractivity contribution >= 4 is 149 Å². The molecule has 1 rings (SSSR count). The summed E-state index contributed by atoms with van der Waals surface area (Å²) in [7, 11) is 0. The van der Waals surface area contributed by atoms with Crippen LogP contribution in [0.15, 0.2) is 12.5 Å². The highest BCUT2D eigenvalue weighted by Crippen LogP contribution is 2.15. The Kier molecular flexibility index (Phi) is 43.7. The first-order valence-corrected chi connectivity index (χ1v) is 37.6. The molecule has 105 heavy (non-hydrogen) atoms. The molecule has 0 aromatic carbocycles. The van der Waals surface area contributed by atoms with Crippen molar-refractivity contribution in [3.63, 3.8) is 0 Å². The molecule has 42 heteroatoms. The number of aliphatic hydroxyl groups is 1. The lowest BCUT2D eigenvalue weighted by atomic mass is 9.99. The molecule has 0 spiro atoms. The van der Waals surface area contributed by atoms with E-state index in [-0.39, 0.29) is 73.5 Å². The smallest absolute Gasteiger partial charge is 0.326 e. The van der Waals surface area contributed by atoms with E-state index in [9.17, 15) is 96.8 Å². The number of aliphatic hydroxyl groups excluding tert-OH is 1. The molecule has 0 fully saturated rings. The molecule has 0 aliphatic heterocycles. The van der Waals surface area contributed by atoms with Gasteiger partial charge >= 0.3 is 17.9 Å². The van der Waals surface area contributed by atoms with Gasteiger partial charge in [0.1, 0.15) is 78.5 Å². The molecule has 0 radical (unpaired) electrons. The molecule has 14 amide bonds. The molecule has 592 valence electrons. The lowest BCUT2D eigenvalue weighted by Crippen LogP contribution is -2.62. The number of primary amides is 1. The summed E-state index contributed by atoms with van der Waals surface area (Å²) in [6.45, 7) is 13.4. The highest BCUT2D eigenvalue weighted by atomic mass is 32.2. The van der Waals surface area contributed by atoms with Crippen molar-refractivity contribution < 1.29 is 102 Å². The summed E-state index contributed by atoms with van der Waals surface area (Å²) in [5.41, 5.74) is 11.4. The van der Waals surface area contributed by atoms with Gasteiger partial charge in [0.05, 0.1) is 38.2 Å². The average Bonchev–Trinajstić information content (AvgIpc) is 1.21. The predicted molar refractivity (Wildman–Crippen MR) is 391 cm³/mol. The number of imidazole rings is 1. The van der Waals surface area contributed by atoms with E-state index in [0.29, 0.717) is 5.69 Å². The monoisotopic (exact) mass is 1560 g/mol. The van der Waals surface area contributed by atoms with Gasteiger partial charge in [-0.15, -0.1) is 0 Å². The summed E-state index contributed by atoms with van der Waals surface area (Å²) < 4.78 is 0. The summed E-state index contributed by atoms with van der Waals surface area (Å²) in [4.78, 5) is 234. The second kappa shape index (κ2) is 48.6. The van der Waals surface area contributed by atoms with Crippen LogP contribution in [0.4, 0.5) is 0 Å².